The number of carbonyl (C=O) groups is 1. The molecule has 0 aromatic heterocycles. The molecule has 112 valence electrons. The number of hydrogen-bond acceptors (Lipinski definition) is 5. The number of benzene rings is 1. The lowest BCUT2D eigenvalue weighted by Gasteiger charge is -2.17. The second-order valence-electron chi connectivity index (χ2n) is 4.20. The molecule has 20 heavy (non-hydrogen) atoms. The number of rotatable bonds is 6. The normalized spacial score (nSPS) is 11.6. The number of ether oxygens (including phenoxy) is 1. The van der Waals surface area contributed by atoms with E-state index < -0.39 is 10.0 Å². The Morgan fingerprint density at radius 1 is 1.45 bits per heavy atom. The lowest BCUT2D eigenvalue weighted by Crippen LogP contribution is -2.28. The number of carbonyl (C=O) groups excluding carboxylic acids is 1. The molecule has 0 heterocycles. The monoisotopic (exact) mass is 320 g/mol. The van der Waals surface area contributed by atoms with Crippen molar-refractivity contribution in [2.24, 2.45) is 0 Å². The summed E-state index contributed by atoms with van der Waals surface area (Å²) in [6, 6.07) is 4.22. The number of sulfonamides is 1. The number of nitrogen functional groups attached to an aromatic ring is 1. The highest BCUT2D eigenvalue weighted by molar-refractivity contribution is 7.89. The van der Waals surface area contributed by atoms with Gasteiger partial charge in [0.05, 0.1) is 12.1 Å². The fourth-order valence-electron chi connectivity index (χ4n) is 1.56. The number of anilines is 1. The minimum Gasteiger partial charge on any atom is -0.469 e. The lowest BCUT2D eigenvalue weighted by molar-refractivity contribution is -0.140. The van der Waals surface area contributed by atoms with Crippen molar-refractivity contribution in [1.82, 2.24) is 4.31 Å². The standard InChI is InChI=1S/C12H17ClN2O4S/c1-15(7-3-4-12(16)19-2)20(17,18)11-6-5-9(14)8-10(11)13/h5-6,8H,3-4,7,14H2,1-2H3. The molecule has 0 aliphatic carbocycles. The van der Waals surface area contributed by atoms with Crippen LogP contribution < -0.4 is 5.73 Å². The van der Waals surface area contributed by atoms with Gasteiger partial charge in [-0.05, 0) is 24.6 Å². The Morgan fingerprint density at radius 3 is 2.65 bits per heavy atom. The zero-order valence-electron chi connectivity index (χ0n) is 11.3. The molecule has 0 atom stereocenters. The van der Waals surface area contributed by atoms with E-state index in [1.165, 1.54) is 32.4 Å². The van der Waals surface area contributed by atoms with Gasteiger partial charge in [-0.15, -0.1) is 0 Å². The van der Waals surface area contributed by atoms with Crippen LogP contribution in [0.4, 0.5) is 5.69 Å². The smallest absolute Gasteiger partial charge is 0.305 e. The Hall–Kier alpha value is -1.31. The Morgan fingerprint density at radius 2 is 2.10 bits per heavy atom. The fourth-order valence-corrected chi connectivity index (χ4v) is 3.29. The Balaban J connectivity index is 2.79. The van der Waals surface area contributed by atoms with Crippen molar-refractivity contribution in [1.29, 1.82) is 0 Å². The number of nitrogens with zero attached hydrogens (tertiary/aromatic N) is 1. The van der Waals surface area contributed by atoms with Crippen molar-refractivity contribution in [2.45, 2.75) is 17.7 Å². The first-order valence-corrected chi connectivity index (χ1v) is 7.69. The van der Waals surface area contributed by atoms with Gasteiger partial charge in [0.2, 0.25) is 10.0 Å². The molecular formula is C12H17ClN2O4S. The van der Waals surface area contributed by atoms with Gasteiger partial charge in [0.1, 0.15) is 4.90 Å². The third-order valence-electron chi connectivity index (χ3n) is 2.73. The van der Waals surface area contributed by atoms with Crippen LogP contribution in [0.15, 0.2) is 23.1 Å². The molecule has 0 aliphatic rings. The summed E-state index contributed by atoms with van der Waals surface area (Å²) in [6.07, 6.45) is 0.529. The number of esters is 1. The molecule has 0 aliphatic heterocycles. The number of methoxy groups -OCH3 is 1. The molecule has 1 aromatic carbocycles. The van der Waals surface area contributed by atoms with Gasteiger partial charge in [0, 0.05) is 25.7 Å². The van der Waals surface area contributed by atoms with E-state index in [0.29, 0.717) is 12.1 Å². The maximum atomic E-state index is 12.3. The van der Waals surface area contributed by atoms with Crippen LogP contribution in [-0.2, 0) is 19.6 Å². The van der Waals surface area contributed by atoms with Gasteiger partial charge >= 0.3 is 5.97 Å². The first-order chi connectivity index (χ1) is 9.28. The second-order valence-corrected chi connectivity index (χ2v) is 6.62. The van der Waals surface area contributed by atoms with Crippen molar-refractivity contribution in [3.63, 3.8) is 0 Å². The molecule has 0 amide bonds. The van der Waals surface area contributed by atoms with Gasteiger partial charge < -0.3 is 10.5 Å². The molecule has 0 fully saturated rings. The van der Waals surface area contributed by atoms with E-state index in [2.05, 4.69) is 4.74 Å². The van der Waals surface area contributed by atoms with Gasteiger partial charge in [-0.25, -0.2) is 12.7 Å². The maximum absolute atomic E-state index is 12.3. The van der Waals surface area contributed by atoms with E-state index >= 15 is 0 Å². The first-order valence-electron chi connectivity index (χ1n) is 5.87. The van der Waals surface area contributed by atoms with Gasteiger partial charge in [0.15, 0.2) is 0 Å². The largest absolute Gasteiger partial charge is 0.469 e. The van der Waals surface area contributed by atoms with Crippen molar-refractivity contribution < 1.29 is 17.9 Å². The first kappa shape index (κ1) is 16.7. The average Bonchev–Trinajstić information content (AvgIpc) is 2.37. The summed E-state index contributed by atoms with van der Waals surface area (Å²) in [5.41, 5.74) is 5.92. The average molecular weight is 321 g/mol. The van der Waals surface area contributed by atoms with E-state index in [0.717, 1.165) is 4.31 Å². The molecule has 0 unspecified atom stereocenters. The topological polar surface area (TPSA) is 89.7 Å². The second kappa shape index (κ2) is 6.92. The lowest BCUT2D eigenvalue weighted by atomic mass is 10.3. The number of hydrogen-bond donors (Lipinski definition) is 1. The molecule has 0 radical (unpaired) electrons. The van der Waals surface area contributed by atoms with Gasteiger partial charge in [0.25, 0.3) is 0 Å². The van der Waals surface area contributed by atoms with Crippen molar-refractivity contribution in [3.05, 3.63) is 23.2 Å². The summed E-state index contributed by atoms with van der Waals surface area (Å²) in [7, 11) is -0.979. The number of halogens is 1. The molecule has 6 nitrogen and oxygen atoms in total. The van der Waals surface area contributed by atoms with E-state index in [4.69, 9.17) is 17.3 Å². The summed E-state index contributed by atoms with van der Waals surface area (Å²) in [4.78, 5) is 11.0. The van der Waals surface area contributed by atoms with Gasteiger partial charge in [-0.1, -0.05) is 11.6 Å². The third-order valence-corrected chi connectivity index (χ3v) is 5.07. The summed E-state index contributed by atoms with van der Waals surface area (Å²) in [5.74, 6) is -0.374. The fraction of sp³-hybridized carbons (Fsp3) is 0.417. The zero-order valence-corrected chi connectivity index (χ0v) is 12.9. The Bertz CT molecular complexity index is 589. The molecule has 0 saturated heterocycles. The summed E-state index contributed by atoms with van der Waals surface area (Å²) >= 11 is 5.91. The van der Waals surface area contributed by atoms with Crippen LogP contribution in [0.1, 0.15) is 12.8 Å². The van der Waals surface area contributed by atoms with Crippen LogP contribution in [0.25, 0.3) is 0 Å². The minimum absolute atomic E-state index is 0.00562. The molecule has 2 N–H and O–H groups in total. The van der Waals surface area contributed by atoms with Crippen LogP contribution in [0.2, 0.25) is 5.02 Å². The molecule has 0 bridgehead atoms. The quantitative estimate of drug-likeness (QED) is 0.633. The number of nitrogens with two attached hydrogens (primary N) is 1. The summed E-state index contributed by atoms with van der Waals surface area (Å²) in [5, 5.41) is 0.0739. The highest BCUT2D eigenvalue weighted by Crippen LogP contribution is 2.26. The van der Waals surface area contributed by atoms with Crippen LogP contribution in [-0.4, -0.2) is 39.4 Å². The third kappa shape index (κ3) is 4.09. The highest BCUT2D eigenvalue weighted by Gasteiger charge is 2.23. The van der Waals surface area contributed by atoms with Gasteiger partial charge in [-0.2, -0.15) is 0 Å². The van der Waals surface area contributed by atoms with E-state index in [1.54, 1.807) is 0 Å². The predicted octanol–water partition coefficient (Wildman–Crippen LogP) is 1.50. The molecule has 1 rings (SSSR count). The van der Waals surface area contributed by atoms with Crippen LogP contribution in [0, 0.1) is 0 Å². The van der Waals surface area contributed by atoms with Crippen LogP contribution in [0.5, 0.6) is 0 Å². The van der Waals surface area contributed by atoms with Crippen molar-refractivity contribution in [3.8, 4) is 0 Å². The summed E-state index contributed by atoms with van der Waals surface area (Å²) < 4.78 is 30.2. The summed E-state index contributed by atoms with van der Waals surface area (Å²) in [6.45, 7) is 0.193. The molecule has 0 saturated carbocycles. The molecule has 1 aromatic rings. The van der Waals surface area contributed by atoms with Crippen LogP contribution in [0.3, 0.4) is 0 Å². The van der Waals surface area contributed by atoms with Crippen LogP contribution >= 0.6 is 11.6 Å². The molecule has 8 heteroatoms. The van der Waals surface area contributed by atoms with Crippen molar-refractivity contribution in [2.75, 3.05) is 26.4 Å². The Labute approximate surface area is 123 Å². The van der Waals surface area contributed by atoms with Gasteiger partial charge in [-0.3, -0.25) is 4.79 Å². The Kier molecular flexibility index (Phi) is 5.79. The maximum Gasteiger partial charge on any atom is 0.305 e. The predicted molar refractivity (Wildman–Crippen MR) is 76.9 cm³/mol. The van der Waals surface area contributed by atoms with E-state index in [1.807, 2.05) is 0 Å². The zero-order chi connectivity index (χ0) is 15.3. The minimum atomic E-state index is -3.70. The van der Waals surface area contributed by atoms with Crippen molar-refractivity contribution >= 4 is 33.3 Å². The van der Waals surface area contributed by atoms with E-state index in [9.17, 15) is 13.2 Å². The molecule has 0 spiro atoms. The van der Waals surface area contributed by atoms with E-state index in [-0.39, 0.29) is 28.9 Å². The highest BCUT2D eigenvalue weighted by atomic mass is 35.5. The molecular weight excluding hydrogens is 304 g/mol. The SMILES string of the molecule is COC(=O)CCCN(C)S(=O)(=O)c1ccc(N)cc1Cl.